The van der Waals surface area contributed by atoms with Crippen LogP contribution in [0.5, 0.6) is 0 Å². The summed E-state index contributed by atoms with van der Waals surface area (Å²) in [4.78, 5) is 33.8. The van der Waals surface area contributed by atoms with E-state index in [2.05, 4.69) is 20.8 Å². The van der Waals surface area contributed by atoms with Crippen molar-refractivity contribution in [1.29, 1.82) is 0 Å². The van der Waals surface area contributed by atoms with Crippen LogP contribution in [0.4, 0.5) is 16.2 Å². The summed E-state index contributed by atoms with van der Waals surface area (Å²) in [5.41, 5.74) is 0.0284. The zero-order valence-electron chi connectivity index (χ0n) is 14.5. The highest BCUT2D eigenvalue weighted by molar-refractivity contribution is 6.05. The Hall–Kier alpha value is -3.43. The molecule has 1 aromatic carbocycles. The smallest absolute Gasteiger partial charge is 0.407 e. The second-order valence-corrected chi connectivity index (χ2v) is 6.39. The fourth-order valence-corrected chi connectivity index (χ4v) is 1.97. The zero-order chi connectivity index (χ0) is 19.3. The van der Waals surface area contributed by atoms with E-state index in [4.69, 9.17) is 4.74 Å². The molecule has 0 aliphatic heterocycles. The molecule has 0 saturated heterocycles. The minimum Gasteiger partial charge on any atom is -0.444 e. The van der Waals surface area contributed by atoms with E-state index in [0.717, 1.165) is 11.8 Å². The first-order valence-corrected chi connectivity index (χ1v) is 7.70. The molecule has 0 unspecified atom stereocenters. The topological polar surface area (TPSA) is 139 Å². The van der Waals surface area contributed by atoms with Gasteiger partial charge >= 0.3 is 11.8 Å². The van der Waals surface area contributed by atoms with Gasteiger partial charge in [0.05, 0.1) is 4.92 Å². The number of alkyl carbamates (subject to hydrolysis) is 1. The molecular formula is C16H19N5O5. The van der Waals surface area contributed by atoms with E-state index in [0.29, 0.717) is 5.69 Å². The number of carbonyl (C=O) groups excluding carboxylic acids is 2. The summed E-state index contributed by atoms with van der Waals surface area (Å²) in [5, 5.41) is 21.8. The molecule has 0 fully saturated rings. The van der Waals surface area contributed by atoms with Crippen molar-refractivity contribution >= 4 is 23.4 Å². The number of nitrogens with one attached hydrogen (secondary N) is 3. The van der Waals surface area contributed by atoms with Crippen LogP contribution in [-0.4, -0.2) is 32.7 Å². The maximum Gasteiger partial charge on any atom is 0.407 e. The summed E-state index contributed by atoms with van der Waals surface area (Å²) >= 11 is 0. The van der Waals surface area contributed by atoms with Crippen LogP contribution < -0.4 is 10.6 Å². The molecule has 0 atom stereocenters. The molecule has 0 spiro atoms. The summed E-state index contributed by atoms with van der Waals surface area (Å²) in [5.74, 6) is -0.672. The number of nitrogens with zero attached hydrogens (tertiary/aromatic N) is 2. The number of rotatable bonds is 5. The second-order valence-electron chi connectivity index (χ2n) is 6.39. The monoisotopic (exact) mass is 361 g/mol. The minimum atomic E-state index is -0.691. The molecule has 26 heavy (non-hydrogen) atoms. The lowest BCUT2D eigenvalue weighted by atomic mass is 10.2. The van der Waals surface area contributed by atoms with Gasteiger partial charge in [-0.15, -0.1) is 0 Å². The molecule has 3 N–H and O–H groups in total. The van der Waals surface area contributed by atoms with Crippen molar-refractivity contribution in [2.75, 3.05) is 5.32 Å². The molecular weight excluding hydrogens is 342 g/mol. The predicted molar refractivity (Wildman–Crippen MR) is 92.7 cm³/mol. The van der Waals surface area contributed by atoms with Gasteiger partial charge in [0.25, 0.3) is 5.91 Å². The van der Waals surface area contributed by atoms with E-state index in [-0.39, 0.29) is 12.2 Å². The third-order valence-corrected chi connectivity index (χ3v) is 3.09. The molecule has 0 radical (unpaired) electrons. The van der Waals surface area contributed by atoms with E-state index >= 15 is 0 Å². The van der Waals surface area contributed by atoms with Gasteiger partial charge in [-0.2, -0.15) is 5.10 Å². The van der Waals surface area contributed by atoms with Gasteiger partial charge in [0.2, 0.25) is 5.69 Å². The molecule has 1 aromatic heterocycles. The Morgan fingerprint density at radius 2 is 1.92 bits per heavy atom. The van der Waals surface area contributed by atoms with Gasteiger partial charge in [0, 0.05) is 12.2 Å². The number of hydrogen-bond donors (Lipinski definition) is 3. The number of H-pyrrole nitrogens is 1. The van der Waals surface area contributed by atoms with Crippen molar-refractivity contribution in [2.45, 2.75) is 32.9 Å². The Balaban J connectivity index is 1.93. The highest BCUT2D eigenvalue weighted by Crippen LogP contribution is 2.17. The second kappa shape index (κ2) is 7.64. The molecule has 0 aliphatic rings. The minimum absolute atomic E-state index is 0.231. The number of aromatic amines is 1. The lowest BCUT2D eigenvalue weighted by Crippen LogP contribution is -2.32. The van der Waals surface area contributed by atoms with Gasteiger partial charge in [-0.05, 0) is 38.5 Å². The van der Waals surface area contributed by atoms with Gasteiger partial charge in [-0.3, -0.25) is 20.0 Å². The van der Waals surface area contributed by atoms with Crippen molar-refractivity contribution in [1.82, 2.24) is 15.5 Å². The summed E-state index contributed by atoms with van der Waals surface area (Å²) in [6.07, 6.45) is 0.446. The molecule has 138 valence electrons. The number of benzene rings is 1. The van der Waals surface area contributed by atoms with Crippen molar-refractivity contribution in [3.05, 3.63) is 51.8 Å². The normalized spacial score (nSPS) is 10.9. The van der Waals surface area contributed by atoms with E-state index < -0.39 is 28.2 Å². The number of ether oxygens (including phenoxy) is 1. The molecule has 2 aromatic rings. The largest absolute Gasteiger partial charge is 0.444 e. The standard InChI is InChI=1S/C16H19N5O5/c1-16(2,3)26-15(23)17-8-10-4-6-11(7-5-10)19-14(22)13-12(21(24)25)9-18-20-13/h4-7,9H,8H2,1-3H3,(H,17,23)(H,18,20)(H,19,22). The van der Waals surface area contributed by atoms with Crippen LogP contribution in [0.25, 0.3) is 0 Å². The molecule has 0 saturated carbocycles. The summed E-state index contributed by atoms with van der Waals surface area (Å²) in [7, 11) is 0. The lowest BCUT2D eigenvalue weighted by molar-refractivity contribution is -0.385. The average Bonchev–Trinajstić information content (AvgIpc) is 3.02. The number of nitro groups is 1. The average molecular weight is 361 g/mol. The first-order chi connectivity index (χ1) is 12.2. The number of hydrogen-bond acceptors (Lipinski definition) is 6. The van der Waals surface area contributed by atoms with Gasteiger partial charge in [0.1, 0.15) is 11.8 Å². The van der Waals surface area contributed by atoms with E-state index in [1.807, 2.05) is 0 Å². The molecule has 1 heterocycles. The van der Waals surface area contributed by atoms with Gasteiger partial charge < -0.3 is 15.4 Å². The quantitative estimate of drug-likeness (QED) is 0.552. The van der Waals surface area contributed by atoms with E-state index in [1.54, 1.807) is 45.0 Å². The van der Waals surface area contributed by atoms with Crippen molar-refractivity contribution in [3.8, 4) is 0 Å². The Morgan fingerprint density at radius 1 is 1.27 bits per heavy atom. The van der Waals surface area contributed by atoms with Crippen LogP contribution in [0.2, 0.25) is 0 Å². The Kier molecular flexibility index (Phi) is 5.55. The first-order valence-electron chi connectivity index (χ1n) is 7.70. The van der Waals surface area contributed by atoms with Gasteiger partial charge in [-0.1, -0.05) is 12.1 Å². The van der Waals surface area contributed by atoms with Crippen molar-refractivity contribution in [3.63, 3.8) is 0 Å². The first kappa shape index (κ1) is 18.9. The summed E-state index contributed by atoms with van der Waals surface area (Å²) in [6, 6.07) is 6.64. The van der Waals surface area contributed by atoms with Crippen LogP contribution in [0.15, 0.2) is 30.5 Å². The number of amides is 2. The van der Waals surface area contributed by atoms with Gasteiger partial charge in [0.15, 0.2) is 0 Å². The summed E-state index contributed by atoms with van der Waals surface area (Å²) < 4.78 is 5.14. The molecule has 2 rings (SSSR count). The SMILES string of the molecule is CC(C)(C)OC(=O)NCc1ccc(NC(=O)c2[nH]ncc2[N+](=O)[O-])cc1. The molecule has 0 bridgehead atoms. The van der Waals surface area contributed by atoms with Crippen LogP contribution in [0, 0.1) is 10.1 Å². The van der Waals surface area contributed by atoms with Gasteiger partial charge in [-0.25, -0.2) is 4.79 Å². The third-order valence-electron chi connectivity index (χ3n) is 3.09. The van der Waals surface area contributed by atoms with Crippen molar-refractivity contribution in [2.24, 2.45) is 0 Å². The maximum absolute atomic E-state index is 12.1. The fourth-order valence-electron chi connectivity index (χ4n) is 1.97. The Morgan fingerprint density at radius 3 is 2.50 bits per heavy atom. The molecule has 0 aliphatic carbocycles. The Bertz CT molecular complexity index is 807. The highest BCUT2D eigenvalue weighted by atomic mass is 16.6. The Labute approximate surface area is 149 Å². The van der Waals surface area contributed by atoms with Crippen LogP contribution in [0.3, 0.4) is 0 Å². The lowest BCUT2D eigenvalue weighted by Gasteiger charge is -2.19. The van der Waals surface area contributed by atoms with Crippen LogP contribution >= 0.6 is 0 Å². The third kappa shape index (κ3) is 5.30. The van der Waals surface area contributed by atoms with Crippen LogP contribution in [0.1, 0.15) is 36.8 Å². The zero-order valence-corrected chi connectivity index (χ0v) is 14.5. The fraction of sp³-hybridized carbons (Fsp3) is 0.312. The predicted octanol–water partition coefficient (Wildman–Crippen LogP) is 2.59. The molecule has 10 heteroatoms. The maximum atomic E-state index is 12.1. The number of anilines is 1. The molecule has 2 amide bonds. The van der Waals surface area contributed by atoms with E-state index in [1.165, 1.54) is 0 Å². The summed E-state index contributed by atoms with van der Waals surface area (Å²) in [6.45, 7) is 5.57. The highest BCUT2D eigenvalue weighted by Gasteiger charge is 2.22. The molecule has 10 nitrogen and oxygen atoms in total. The van der Waals surface area contributed by atoms with E-state index in [9.17, 15) is 19.7 Å². The van der Waals surface area contributed by atoms with Crippen LogP contribution in [-0.2, 0) is 11.3 Å². The van der Waals surface area contributed by atoms with Crippen molar-refractivity contribution < 1.29 is 19.2 Å². The number of carbonyl (C=O) groups is 2. The number of aromatic nitrogens is 2.